The molecule has 0 aliphatic carbocycles. The summed E-state index contributed by atoms with van der Waals surface area (Å²) in [5.74, 6) is -0.295. The Kier molecular flexibility index (Phi) is 7.45. The number of benzene rings is 3. The van der Waals surface area contributed by atoms with E-state index >= 15 is 0 Å². The van der Waals surface area contributed by atoms with Gasteiger partial charge in [-0.3, -0.25) is 4.79 Å². The SMILES string of the molecule is CC(C)N(Cc1ccccc1)C(=O)/C(C#N)=C\Nc1ccc(Nc2ccccc2)cc1. The summed E-state index contributed by atoms with van der Waals surface area (Å²) in [5, 5.41) is 15.9. The van der Waals surface area contributed by atoms with E-state index in [1.807, 2.05) is 105 Å². The zero-order valence-corrected chi connectivity index (χ0v) is 17.7. The molecule has 3 aromatic carbocycles. The van der Waals surface area contributed by atoms with Crippen LogP contribution in [0, 0.1) is 11.3 Å². The first-order valence-electron chi connectivity index (χ1n) is 10.2. The van der Waals surface area contributed by atoms with Crippen LogP contribution >= 0.6 is 0 Å². The van der Waals surface area contributed by atoms with Crippen LogP contribution in [-0.4, -0.2) is 16.8 Å². The number of nitrogens with one attached hydrogen (secondary N) is 2. The maximum atomic E-state index is 13.0. The van der Waals surface area contributed by atoms with Gasteiger partial charge in [0.25, 0.3) is 5.91 Å². The molecule has 0 spiro atoms. The van der Waals surface area contributed by atoms with Gasteiger partial charge in [-0.15, -0.1) is 0 Å². The zero-order chi connectivity index (χ0) is 22.1. The topological polar surface area (TPSA) is 68.2 Å². The van der Waals surface area contributed by atoms with E-state index in [0.717, 1.165) is 22.6 Å². The van der Waals surface area contributed by atoms with Gasteiger partial charge in [-0.1, -0.05) is 48.5 Å². The van der Waals surface area contributed by atoms with Crippen molar-refractivity contribution >= 4 is 23.0 Å². The Morgan fingerprint density at radius 3 is 2.03 bits per heavy atom. The van der Waals surface area contributed by atoms with Crippen LogP contribution in [0.3, 0.4) is 0 Å². The third-order valence-electron chi connectivity index (χ3n) is 4.76. The van der Waals surface area contributed by atoms with Crippen molar-refractivity contribution in [3.8, 4) is 6.07 Å². The molecule has 3 aromatic rings. The fourth-order valence-electron chi connectivity index (χ4n) is 3.06. The molecule has 0 fully saturated rings. The Morgan fingerprint density at radius 1 is 0.903 bits per heavy atom. The molecule has 31 heavy (non-hydrogen) atoms. The van der Waals surface area contributed by atoms with Crippen LogP contribution in [-0.2, 0) is 11.3 Å². The highest BCUT2D eigenvalue weighted by Crippen LogP contribution is 2.19. The molecule has 0 aliphatic heterocycles. The molecule has 5 nitrogen and oxygen atoms in total. The molecule has 0 heterocycles. The van der Waals surface area contributed by atoms with E-state index in [2.05, 4.69) is 10.6 Å². The Hall–Kier alpha value is -4.04. The summed E-state index contributed by atoms with van der Waals surface area (Å²) < 4.78 is 0. The highest BCUT2D eigenvalue weighted by atomic mass is 16.2. The number of para-hydroxylation sites is 1. The van der Waals surface area contributed by atoms with Crippen LogP contribution in [0.15, 0.2) is 96.7 Å². The largest absolute Gasteiger partial charge is 0.360 e. The maximum absolute atomic E-state index is 13.0. The van der Waals surface area contributed by atoms with Gasteiger partial charge < -0.3 is 15.5 Å². The quantitative estimate of drug-likeness (QED) is 0.370. The Labute approximate surface area is 183 Å². The van der Waals surface area contributed by atoms with E-state index in [4.69, 9.17) is 0 Å². The summed E-state index contributed by atoms with van der Waals surface area (Å²) >= 11 is 0. The van der Waals surface area contributed by atoms with E-state index in [1.165, 1.54) is 6.20 Å². The second-order valence-electron chi connectivity index (χ2n) is 7.39. The minimum absolute atomic E-state index is 0.0344. The number of nitriles is 1. The van der Waals surface area contributed by atoms with Gasteiger partial charge in [0.1, 0.15) is 11.6 Å². The van der Waals surface area contributed by atoms with Crippen LogP contribution in [0.4, 0.5) is 17.1 Å². The van der Waals surface area contributed by atoms with Gasteiger partial charge in [0, 0.05) is 35.8 Å². The lowest BCUT2D eigenvalue weighted by Crippen LogP contribution is -2.37. The Bertz CT molecular complexity index is 1050. The lowest BCUT2D eigenvalue weighted by Gasteiger charge is -2.26. The molecule has 156 valence electrons. The van der Waals surface area contributed by atoms with Gasteiger partial charge in [-0.2, -0.15) is 5.26 Å². The van der Waals surface area contributed by atoms with Gasteiger partial charge in [0.15, 0.2) is 0 Å². The van der Waals surface area contributed by atoms with Crippen LogP contribution in [0.25, 0.3) is 0 Å². The van der Waals surface area contributed by atoms with Gasteiger partial charge in [0.05, 0.1) is 0 Å². The first-order chi connectivity index (χ1) is 15.1. The molecule has 3 rings (SSSR count). The lowest BCUT2D eigenvalue weighted by atomic mass is 10.1. The summed E-state index contributed by atoms with van der Waals surface area (Å²) in [4.78, 5) is 14.7. The number of nitrogens with zero attached hydrogens (tertiary/aromatic N) is 2. The molecular formula is C26H26N4O. The number of carbonyl (C=O) groups is 1. The normalized spacial score (nSPS) is 11.0. The van der Waals surface area contributed by atoms with E-state index in [-0.39, 0.29) is 17.5 Å². The van der Waals surface area contributed by atoms with E-state index in [1.54, 1.807) is 4.90 Å². The predicted molar refractivity (Wildman–Crippen MR) is 126 cm³/mol. The van der Waals surface area contributed by atoms with Crippen molar-refractivity contribution in [2.45, 2.75) is 26.4 Å². The van der Waals surface area contributed by atoms with E-state index < -0.39 is 0 Å². The molecule has 0 bridgehead atoms. The molecule has 0 radical (unpaired) electrons. The van der Waals surface area contributed by atoms with Gasteiger partial charge in [-0.05, 0) is 55.8 Å². The summed E-state index contributed by atoms with van der Waals surface area (Å²) in [5.41, 5.74) is 3.84. The standard InChI is InChI=1S/C26H26N4O/c1-20(2)30(19-21-9-5-3-6-10-21)26(31)22(17-27)18-28-23-13-15-25(16-14-23)29-24-11-7-4-8-12-24/h3-16,18,20,28-29H,19H2,1-2H3/b22-18-. The molecule has 0 aliphatic rings. The fourth-order valence-corrected chi connectivity index (χ4v) is 3.06. The summed E-state index contributed by atoms with van der Waals surface area (Å²) in [6, 6.07) is 29.3. The van der Waals surface area contributed by atoms with Crippen molar-refractivity contribution in [2.75, 3.05) is 10.6 Å². The predicted octanol–water partition coefficient (Wildman–Crippen LogP) is 5.69. The van der Waals surface area contributed by atoms with Gasteiger partial charge >= 0.3 is 0 Å². The monoisotopic (exact) mass is 410 g/mol. The van der Waals surface area contributed by atoms with Gasteiger partial charge in [0.2, 0.25) is 0 Å². The number of hydrogen-bond donors (Lipinski definition) is 2. The summed E-state index contributed by atoms with van der Waals surface area (Å²) in [7, 11) is 0. The number of hydrogen-bond acceptors (Lipinski definition) is 4. The third kappa shape index (κ3) is 6.22. The minimum Gasteiger partial charge on any atom is -0.360 e. The van der Waals surface area contributed by atoms with Crippen LogP contribution in [0.5, 0.6) is 0 Å². The summed E-state index contributed by atoms with van der Waals surface area (Å²) in [6.07, 6.45) is 1.47. The van der Waals surface area contributed by atoms with Crippen molar-refractivity contribution in [1.82, 2.24) is 4.90 Å². The number of carbonyl (C=O) groups excluding carboxylic acids is 1. The van der Waals surface area contributed by atoms with Crippen molar-refractivity contribution in [3.63, 3.8) is 0 Å². The maximum Gasteiger partial charge on any atom is 0.266 e. The van der Waals surface area contributed by atoms with Crippen LogP contribution in [0.1, 0.15) is 19.4 Å². The molecular weight excluding hydrogens is 384 g/mol. The molecule has 0 saturated heterocycles. The van der Waals surface area contributed by atoms with E-state index in [0.29, 0.717) is 6.54 Å². The second kappa shape index (κ2) is 10.7. The van der Waals surface area contributed by atoms with Crippen molar-refractivity contribution < 1.29 is 4.79 Å². The van der Waals surface area contributed by atoms with Gasteiger partial charge in [-0.25, -0.2) is 0 Å². The second-order valence-corrected chi connectivity index (χ2v) is 7.39. The fraction of sp³-hybridized carbons (Fsp3) is 0.154. The molecule has 2 N–H and O–H groups in total. The molecule has 0 saturated carbocycles. The first kappa shape index (κ1) is 21.7. The molecule has 5 heteroatoms. The average Bonchev–Trinajstić information content (AvgIpc) is 2.80. The molecule has 0 atom stereocenters. The average molecular weight is 411 g/mol. The zero-order valence-electron chi connectivity index (χ0n) is 17.7. The lowest BCUT2D eigenvalue weighted by molar-refractivity contribution is -0.129. The van der Waals surface area contributed by atoms with Crippen LogP contribution < -0.4 is 10.6 Å². The number of rotatable bonds is 8. The highest BCUT2D eigenvalue weighted by Gasteiger charge is 2.21. The van der Waals surface area contributed by atoms with E-state index in [9.17, 15) is 10.1 Å². The minimum atomic E-state index is -0.295. The van der Waals surface area contributed by atoms with Crippen molar-refractivity contribution in [1.29, 1.82) is 5.26 Å². The van der Waals surface area contributed by atoms with Crippen molar-refractivity contribution in [2.24, 2.45) is 0 Å². The smallest absolute Gasteiger partial charge is 0.266 e. The Morgan fingerprint density at radius 2 is 1.45 bits per heavy atom. The van der Waals surface area contributed by atoms with Crippen molar-refractivity contribution in [3.05, 3.63) is 102 Å². The molecule has 0 unspecified atom stereocenters. The third-order valence-corrected chi connectivity index (χ3v) is 4.76. The summed E-state index contributed by atoms with van der Waals surface area (Å²) in [6.45, 7) is 4.35. The number of anilines is 3. The van der Waals surface area contributed by atoms with Crippen LogP contribution in [0.2, 0.25) is 0 Å². The highest BCUT2D eigenvalue weighted by molar-refractivity contribution is 5.97. The first-order valence-corrected chi connectivity index (χ1v) is 10.2. The number of amides is 1. The molecule has 0 aromatic heterocycles. The Balaban J connectivity index is 1.67. The molecule has 1 amide bonds.